The highest BCUT2D eigenvalue weighted by Crippen LogP contribution is 2.49. The van der Waals surface area contributed by atoms with Crippen molar-refractivity contribution in [2.45, 2.75) is 31.1 Å². The molecule has 1 aromatic heterocycles. The number of rotatable bonds is 5. The highest BCUT2D eigenvalue weighted by Gasteiger charge is 2.34. The van der Waals surface area contributed by atoms with Gasteiger partial charge in [0.2, 0.25) is 5.91 Å². The summed E-state index contributed by atoms with van der Waals surface area (Å²) in [6.07, 6.45) is 2.27. The highest BCUT2D eigenvalue weighted by atomic mass is 16.3. The van der Waals surface area contributed by atoms with Crippen molar-refractivity contribution < 1.29 is 9.90 Å². The van der Waals surface area contributed by atoms with Crippen molar-refractivity contribution in [3.63, 3.8) is 0 Å². The van der Waals surface area contributed by atoms with Crippen molar-refractivity contribution in [1.29, 1.82) is 0 Å². The van der Waals surface area contributed by atoms with E-state index in [1.807, 2.05) is 54.6 Å². The third-order valence-electron chi connectivity index (χ3n) is 5.03. The molecule has 5 heteroatoms. The fourth-order valence-corrected chi connectivity index (χ4v) is 3.54. The van der Waals surface area contributed by atoms with Crippen LogP contribution in [0.2, 0.25) is 0 Å². The SMILES string of the molecule is O=C(Cc1ccccc1)Nc1cc(C2CC(c3ccccc3O)C2)[nH]n1. The normalized spacial score (nSPS) is 18.9. The number of hydrogen-bond acceptors (Lipinski definition) is 3. The first-order valence-corrected chi connectivity index (χ1v) is 8.86. The van der Waals surface area contributed by atoms with E-state index in [1.54, 1.807) is 6.07 Å². The van der Waals surface area contributed by atoms with Crippen LogP contribution in [0.15, 0.2) is 60.7 Å². The van der Waals surface area contributed by atoms with Crippen LogP contribution in [0.5, 0.6) is 5.75 Å². The number of phenols is 1. The molecule has 0 bridgehead atoms. The zero-order chi connectivity index (χ0) is 17.9. The number of anilines is 1. The smallest absolute Gasteiger partial charge is 0.229 e. The molecule has 4 rings (SSSR count). The summed E-state index contributed by atoms with van der Waals surface area (Å²) in [4.78, 5) is 12.1. The van der Waals surface area contributed by atoms with Gasteiger partial charge in [-0.3, -0.25) is 9.89 Å². The number of nitrogens with zero attached hydrogens (tertiary/aromatic N) is 1. The minimum absolute atomic E-state index is 0.0741. The molecule has 3 aromatic rings. The molecule has 1 aliphatic rings. The van der Waals surface area contributed by atoms with Gasteiger partial charge in [0.1, 0.15) is 5.75 Å². The van der Waals surface area contributed by atoms with Crippen molar-refractivity contribution in [3.8, 4) is 5.75 Å². The van der Waals surface area contributed by atoms with Crippen LogP contribution >= 0.6 is 0 Å². The average Bonchev–Trinajstić information content (AvgIpc) is 3.04. The number of nitrogens with one attached hydrogen (secondary N) is 2. The van der Waals surface area contributed by atoms with Crippen molar-refractivity contribution >= 4 is 11.7 Å². The largest absolute Gasteiger partial charge is 0.508 e. The lowest BCUT2D eigenvalue weighted by Crippen LogP contribution is -2.20. The molecule has 0 spiro atoms. The van der Waals surface area contributed by atoms with E-state index in [1.165, 1.54) is 0 Å². The Kier molecular flexibility index (Phi) is 4.44. The first-order valence-electron chi connectivity index (χ1n) is 8.86. The van der Waals surface area contributed by atoms with Crippen LogP contribution in [0.4, 0.5) is 5.82 Å². The van der Waals surface area contributed by atoms with Crippen LogP contribution in [-0.2, 0) is 11.2 Å². The van der Waals surface area contributed by atoms with E-state index in [-0.39, 0.29) is 5.91 Å². The number of amides is 1. The van der Waals surface area contributed by atoms with Gasteiger partial charge in [-0.15, -0.1) is 0 Å². The van der Waals surface area contributed by atoms with E-state index in [2.05, 4.69) is 15.5 Å². The fraction of sp³-hybridized carbons (Fsp3) is 0.238. The van der Waals surface area contributed by atoms with E-state index < -0.39 is 0 Å². The number of phenolic OH excluding ortho intramolecular Hbond substituents is 1. The van der Waals surface area contributed by atoms with Gasteiger partial charge in [-0.25, -0.2) is 0 Å². The van der Waals surface area contributed by atoms with Gasteiger partial charge >= 0.3 is 0 Å². The topological polar surface area (TPSA) is 78.0 Å². The number of hydrogen-bond donors (Lipinski definition) is 3. The van der Waals surface area contributed by atoms with E-state index in [0.717, 1.165) is 29.7 Å². The molecule has 1 amide bonds. The number of aromatic hydroxyl groups is 1. The molecule has 0 saturated heterocycles. The molecule has 0 atom stereocenters. The quantitative estimate of drug-likeness (QED) is 0.654. The van der Waals surface area contributed by atoms with Crippen LogP contribution in [0, 0.1) is 0 Å². The zero-order valence-corrected chi connectivity index (χ0v) is 14.4. The second kappa shape index (κ2) is 7.04. The second-order valence-corrected chi connectivity index (χ2v) is 6.84. The van der Waals surface area contributed by atoms with Crippen molar-refractivity contribution in [1.82, 2.24) is 10.2 Å². The Bertz CT molecular complexity index is 898. The third kappa shape index (κ3) is 3.47. The molecule has 2 aromatic carbocycles. The summed E-state index contributed by atoms with van der Waals surface area (Å²) >= 11 is 0. The molecule has 26 heavy (non-hydrogen) atoms. The zero-order valence-electron chi connectivity index (χ0n) is 14.4. The predicted octanol–water partition coefficient (Wildman–Crippen LogP) is 3.96. The number of carbonyl (C=O) groups is 1. The van der Waals surface area contributed by atoms with Crippen LogP contribution in [0.3, 0.4) is 0 Å². The van der Waals surface area contributed by atoms with Gasteiger partial charge in [-0.1, -0.05) is 48.5 Å². The number of carbonyl (C=O) groups excluding carboxylic acids is 1. The molecule has 132 valence electrons. The molecule has 0 radical (unpaired) electrons. The lowest BCUT2D eigenvalue weighted by Gasteiger charge is -2.35. The number of benzene rings is 2. The molecule has 1 heterocycles. The predicted molar refractivity (Wildman–Crippen MR) is 100 cm³/mol. The van der Waals surface area contributed by atoms with Gasteiger partial charge in [-0.2, -0.15) is 5.10 Å². The summed E-state index contributed by atoms with van der Waals surface area (Å²) in [6.45, 7) is 0. The summed E-state index contributed by atoms with van der Waals surface area (Å²) in [5.74, 6) is 1.61. The van der Waals surface area contributed by atoms with E-state index in [0.29, 0.717) is 29.8 Å². The summed E-state index contributed by atoms with van der Waals surface area (Å²) in [5, 5.41) is 20.1. The molecule has 3 N–H and O–H groups in total. The molecule has 0 unspecified atom stereocenters. The molecule has 0 aliphatic heterocycles. The number of H-pyrrole nitrogens is 1. The number of aromatic amines is 1. The van der Waals surface area contributed by atoms with Crippen molar-refractivity contribution in [3.05, 3.63) is 77.5 Å². The summed E-state index contributed by atoms with van der Waals surface area (Å²) in [6, 6.07) is 19.1. The van der Waals surface area contributed by atoms with E-state index in [4.69, 9.17) is 0 Å². The monoisotopic (exact) mass is 347 g/mol. The third-order valence-corrected chi connectivity index (χ3v) is 5.03. The maximum Gasteiger partial charge on any atom is 0.229 e. The van der Waals surface area contributed by atoms with Crippen molar-refractivity contribution in [2.75, 3.05) is 5.32 Å². The molecule has 1 saturated carbocycles. The minimum atomic E-state index is -0.0741. The van der Waals surface area contributed by atoms with Crippen LogP contribution in [0.1, 0.15) is 41.5 Å². The lowest BCUT2D eigenvalue weighted by atomic mass is 9.70. The molecular formula is C21H21N3O2. The first kappa shape index (κ1) is 16.4. The number of aromatic nitrogens is 2. The number of para-hydroxylation sites is 1. The highest BCUT2D eigenvalue weighted by molar-refractivity contribution is 5.91. The maximum atomic E-state index is 12.1. The Morgan fingerprint density at radius 3 is 2.58 bits per heavy atom. The van der Waals surface area contributed by atoms with E-state index >= 15 is 0 Å². The van der Waals surface area contributed by atoms with Gasteiger partial charge in [0, 0.05) is 17.7 Å². The summed E-state index contributed by atoms with van der Waals surface area (Å²) in [7, 11) is 0. The lowest BCUT2D eigenvalue weighted by molar-refractivity contribution is -0.115. The first-order chi connectivity index (χ1) is 12.7. The Hall–Kier alpha value is -3.08. The molecular weight excluding hydrogens is 326 g/mol. The van der Waals surface area contributed by atoms with Gasteiger partial charge < -0.3 is 10.4 Å². The van der Waals surface area contributed by atoms with Crippen LogP contribution < -0.4 is 5.32 Å². The minimum Gasteiger partial charge on any atom is -0.508 e. The Balaban J connectivity index is 1.33. The van der Waals surface area contributed by atoms with Crippen LogP contribution in [-0.4, -0.2) is 21.2 Å². The van der Waals surface area contributed by atoms with Crippen molar-refractivity contribution in [2.24, 2.45) is 0 Å². The molecule has 1 fully saturated rings. The Morgan fingerprint density at radius 1 is 1.08 bits per heavy atom. The van der Waals surface area contributed by atoms with E-state index in [9.17, 15) is 9.90 Å². The maximum absolute atomic E-state index is 12.1. The fourth-order valence-electron chi connectivity index (χ4n) is 3.54. The second-order valence-electron chi connectivity index (χ2n) is 6.84. The average molecular weight is 347 g/mol. The van der Waals surface area contributed by atoms with Gasteiger partial charge in [-0.05, 0) is 36.0 Å². The van der Waals surface area contributed by atoms with Crippen LogP contribution in [0.25, 0.3) is 0 Å². The standard InChI is InChI=1S/C21H21N3O2/c25-19-9-5-4-8-17(19)15-11-16(12-15)18-13-20(24-23-18)22-21(26)10-14-6-2-1-3-7-14/h1-9,13,15-16,25H,10-12H2,(H2,22,23,24,26). The van der Waals surface area contributed by atoms with Gasteiger partial charge in [0.05, 0.1) is 6.42 Å². The summed E-state index contributed by atoms with van der Waals surface area (Å²) in [5.41, 5.74) is 3.02. The van der Waals surface area contributed by atoms with Gasteiger partial charge in [0.25, 0.3) is 0 Å². The van der Waals surface area contributed by atoms with Gasteiger partial charge in [0.15, 0.2) is 5.82 Å². The summed E-state index contributed by atoms with van der Waals surface area (Å²) < 4.78 is 0. The molecule has 5 nitrogen and oxygen atoms in total. The Labute approximate surface area is 152 Å². The Morgan fingerprint density at radius 2 is 1.81 bits per heavy atom. The molecule has 1 aliphatic carbocycles.